The van der Waals surface area contributed by atoms with E-state index >= 15 is 0 Å². The molecule has 0 aliphatic carbocycles. The molecule has 0 atom stereocenters. The number of methoxy groups -OCH3 is 1. The maximum absolute atomic E-state index is 12.2. The van der Waals surface area contributed by atoms with Gasteiger partial charge in [0.2, 0.25) is 5.91 Å². The van der Waals surface area contributed by atoms with Gasteiger partial charge in [-0.2, -0.15) is 0 Å². The average Bonchev–Trinajstić information content (AvgIpc) is 3.07. The number of aryl methyl sites for hydroxylation is 1. The second kappa shape index (κ2) is 8.14. The van der Waals surface area contributed by atoms with Crippen LogP contribution >= 0.6 is 0 Å². The van der Waals surface area contributed by atoms with Crippen molar-refractivity contribution < 1.29 is 18.8 Å². The second-order valence-electron chi connectivity index (χ2n) is 5.77. The van der Waals surface area contributed by atoms with Gasteiger partial charge in [0, 0.05) is 22.9 Å². The fourth-order valence-electron chi connectivity index (χ4n) is 2.52. The summed E-state index contributed by atoms with van der Waals surface area (Å²) < 4.78 is 10.0. The monoisotopic (exact) mass is 362 g/mol. The van der Waals surface area contributed by atoms with Crippen LogP contribution in [0.2, 0.25) is 0 Å². The fraction of sp³-hybridized carbons (Fsp3) is 0.0952. The van der Waals surface area contributed by atoms with Crippen LogP contribution in [0.4, 0.5) is 5.69 Å². The molecule has 1 amide bonds. The minimum absolute atomic E-state index is 0.305. The highest BCUT2D eigenvalue weighted by molar-refractivity contribution is 6.02. The minimum Gasteiger partial charge on any atom is -0.465 e. The van der Waals surface area contributed by atoms with E-state index in [1.165, 1.54) is 13.2 Å². The van der Waals surface area contributed by atoms with Crippen molar-refractivity contribution in [2.45, 2.75) is 6.92 Å². The van der Waals surface area contributed by atoms with Gasteiger partial charge < -0.3 is 14.6 Å². The number of hydrogen-bond donors (Lipinski definition) is 1. The first-order valence-corrected chi connectivity index (χ1v) is 8.27. The number of benzene rings is 2. The number of anilines is 1. The van der Waals surface area contributed by atoms with Crippen LogP contribution in [0.5, 0.6) is 0 Å². The van der Waals surface area contributed by atoms with E-state index in [-0.39, 0.29) is 5.91 Å². The van der Waals surface area contributed by atoms with Gasteiger partial charge in [-0.15, -0.1) is 0 Å². The van der Waals surface area contributed by atoms with Gasteiger partial charge in [0.25, 0.3) is 0 Å². The van der Waals surface area contributed by atoms with Gasteiger partial charge in [-0.05, 0) is 37.3 Å². The van der Waals surface area contributed by atoms with Crippen molar-refractivity contribution in [1.29, 1.82) is 0 Å². The SMILES string of the molecule is COC(=O)c1ccc(NC(=O)/C=C/c2c(C)noc2-c2ccccc2)cc1. The zero-order valence-electron chi connectivity index (χ0n) is 14.9. The van der Waals surface area contributed by atoms with Gasteiger partial charge >= 0.3 is 5.97 Å². The number of nitrogens with one attached hydrogen (secondary N) is 1. The minimum atomic E-state index is -0.427. The van der Waals surface area contributed by atoms with Crippen LogP contribution in [0.25, 0.3) is 17.4 Å². The molecular weight excluding hydrogens is 344 g/mol. The molecule has 1 heterocycles. The van der Waals surface area contributed by atoms with Crippen LogP contribution in [0.1, 0.15) is 21.6 Å². The topological polar surface area (TPSA) is 81.4 Å². The summed E-state index contributed by atoms with van der Waals surface area (Å²) in [6.07, 6.45) is 3.09. The normalized spacial score (nSPS) is 10.7. The van der Waals surface area contributed by atoms with E-state index in [1.54, 1.807) is 30.3 Å². The Bertz CT molecular complexity index is 973. The molecule has 136 valence electrons. The van der Waals surface area contributed by atoms with E-state index < -0.39 is 5.97 Å². The summed E-state index contributed by atoms with van der Waals surface area (Å²) >= 11 is 0. The summed E-state index contributed by atoms with van der Waals surface area (Å²) in [7, 11) is 1.32. The summed E-state index contributed by atoms with van der Waals surface area (Å²) in [5.74, 6) is -0.121. The van der Waals surface area contributed by atoms with Crippen molar-refractivity contribution in [3.63, 3.8) is 0 Å². The number of aromatic nitrogens is 1. The Kier molecular flexibility index (Phi) is 5.47. The highest BCUT2D eigenvalue weighted by atomic mass is 16.5. The lowest BCUT2D eigenvalue weighted by Crippen LogP contribution is -2.08. The quantitative estimate of drug-likeness (QED) is 0.546. The summed E-state index contributed by atoms with van der Waals surface area (Å²) in [6, 6.07) is 16.0. The Morgan fingerprint density at radius 1 is 1.07 bits per heavy atom. The summed E-state index contributed by atoms with van der Waals surface area (Å²) in [4.78, 5) is 23.6. The number of ether oxygens (including phenoxy) is 1. The maximum atomic E-state index is 12.2. The molecule has 0 saturated carbocycles. The van der Waals surface area contributed by atoms with Gasteiger partial charge in [0.15, 0.2) is 5.76 Å². The Balaban J connectivity index is 1.72. The van der Waals surface area contributed by atoms with Gasteiger partial charge in [-0.3, -0.25) is 4.79 Å². The molecule has 0 bridgehead atoms. The van der Waals surface area contributed by atoms with Crippen LogP contribution in [-0.2, 0) is 9.53 Å². The largest absolute Gasteiger partial charge is 0.465 e. The van der Waals surface area contributed by atoms with Gasteiger partial charge in [-0.25, -0.2) is 4.79 Å². The number of carbonyl (C=O) groups is 2. The molecular formula is C21H18N2O4. The highest BCUT2D eigenvalue weighted by Crippen LogP contribution is 2.27. The fourth-order valence-corrected chi connectivity index (χ4v) is 2.52. The summed E-state index contributed by atoms with van der Waals surface area (Å²) in [5.41, 5.74) is 3.32. The third-order valence-electron chi connectivity index (χ3n) is 3.92. The third-order valence-corrected chi connectivity index (χ3v) is 3.92. The number of hydrogen-bond acceptors (Lipinski definition) is 5. The van der Waals surface area contributed by atoms with E-state index in [4.69, 9.17) is 4.52 Å². The molecule has 6 heteroatoms. The molecule has 1 aromatic heterocycles. The molecule has 27 heavy (non-hydrogen) atoms. The summed E-state index contributed by atoms with van der Waals surface area (Å²) in [6.45, 7) is 1.82. The number of rotatable bonds is 5. The Labute approximate surface area is 156 Å². The Hall–Kier alpha value is -3.67. The van der Waals surface area contributed by atoms with Crippen molar-refractivity contribution in [2.24, 2.45) is 0 Å². The maximum Gasteiger partial charge on any atom is 0.337 e. The van der Waals surface area contributed by atoms with Gasteiger partial charge in [-0.1, -0.05) is 35.5 Å². The molecule has 0 aliphatic heterocycles. The molecule has 0 saturated heterocycles. The van der Waals surface area contributed by atoms with Crippen molar-refractivity contribution in [3.05, 3.63) is 77.5 Å². The van der Waals surface area contributed by atoms with E-state index in [9.17, 15) is 9.59 Å². The van der Waals surface area contributed by atoms with Crippen molar-refractivity contribution in [1.82, 2.24) is 5.16 Å². The molecule has 1 N–H and O–H groups in total. The van der Waals surface area contributed by atoms with E-state index in [2.05, 4.69) is 15.2 Å². The van der Waals surface area contributed by atoms with E-state index in [1.807, 2.05) is 37.3 Å². The van der Waals surface area contributed by atoms with Crippen LogP contribution in [0, 0.1) is 6.92 Å². The van der Waals surface area contributed by atoms with Crippen molar-refractivity contribution in [3.8, 4) is 11.3 Å². The third kappa shape index (κ3) is 4.30. The predicted octanol–water partition coefficient (Wildman–Crippen LogP) is 4.09. The number of carbonyl (C=O) groups excluding carboxylic acids is 2. The lowest BCUT2D eigenvalue weighted by atomic mass is 10.1. The molecule has 2 aromatic carbocycles. The predicted molar refractivity (Wildman–Crippen MR) is 102 cm³/mol. The number of amides is 1. The lowest BCUT2D eigenvalue weighted by molar-refractivity contribution is -0.111. The molecule has 3 rings (SSSR count). The van der Waals surface area contributed by atoms with Crippen molar-refractivity contribution in [2.75, 3.05) is 12.4 Å². The molecule has 0 spiro atoms. The Morgan fingerprint density at radius 2 is 1.78 bits per heavy atom. The first kappa shape index (κ1) is 18.1. The van der Waals surface area contributed by atoms with Crippen LogP contribution in [-0.4, -0.2) is 24.1 Å². The molecule has 0 aliphatic rings. The first-order chi connectivity index (χ1) is 13.1. The van der Waals surface area contributed by atoms with Crippen LogP contribution in [0.15, 0.2) is 65.2 Å². The molecule has 6 nitrogen and oxygen atoms in total. The van der Waals surface area contributed by atoms with Crippen molar-refractivity contribution >= 4 is 23.6 Å². The van der Waals surface area contributed by atoms with E-state index in [0.717, 1.165) is 11.1 Å². The van der Waals surface area contributed by atoms with Gasteiger partial charge in [0.1, 0.15) is 0 Å². The molecule has 0 radical (unpaired) electrons. The highest BCUT2D eigenvalue weighted by Gasteiger charge is 2.12. The average molecular weight is 362 g/mol. The van der Waals surface area contributed by atoms with Gasteiger partial charge in [0.05, 0.1) is 18.4 Å². The second-order valence-corrected chi connectivity index (χ2v) is 5.77. The number of esters is 1. The van der Waals surface area contributed by atoms with Crippen LogP contribution in [0.3, 0.4) is 0 Å². The van der Waals surface area contributed by atoms with Crippen LogP contribution < -0.4 is 5.32 Å². The molecule has 0 fully saturated rings. The molecule has 0 unspecified atom stereocenters. The smallest absolute Gasteiger partial charge is 0.337 e. The molecule has 3 aromatic rings. The lowest BCUT2D eigenvalue weighted by Gasteiger charge is -2.03. The zero-order chi connectivity index (χ0) is 19.2. The van der Waals surface area contributed by atoms with E-state index in [0.29, 0.717) is 22.7 Å². The number of nitrogens with zero attached hydrogens (tertiary/aromatic N) is 1. The zero-order valence-corrected chi connectivity index (χ0v) is 14.9. The Morgan fingerprint density at radius 3 is 2.44 bits per heavy atom. The standard InChI is InChI=1S/C21H18N2O4/c1-14-18(20(27-23-14)15-6-4-3-5-7-15)12-13-19(24)22-17-10-8-16(9-11-17)21(25)26-2/h3-13H,1-2H3,(H,22,24)/b13-12+. The first-order valence-electron chi connectivity index (χ1n) is 8.27. The summed E-state index contributed by atoms with van der Waals surface area (Å²) in [5, 5.41) is 6.73.